The number of methoxy groups -OCH3 is 1. The van der Waals surface area contributed by atoms with Crippen LogP contribution >= 0.6 is 0 Å². The molecule has 1 atom stereocenters. The lowest BCUT2D eigenvalue weighted by molar-refractivity contribution is 0.0600. The van der Waals surface area contributed by atoms with E-state index in [1.54, 1.807) is 6.07 Å². The molecule has 1 aliphatic heterocycles. The molecule has 30 heavy (non-hydrogen) atoms. The van der Waals surface area contributed by atoms with Gasteiger partial charge in [-0.2, -0.15) is 0 Å². The summed E-state index contributed by atoms with van der Waals surface area (Å²) in [6.45, 7) is 5.80. The van der Waals surface area contributed by atoms with E-state index in [9.17, 15) is 9.59 Å². The highest BCUT2D eigenvalue weighted by Gasteiger charge is 2.36. The number of rotatable bonds is 6. The monoisotopic (exact) mass is 409 g/mol. The first-order chi connectivity index (χ1) is 14.2. The first-order valence-corrected chi connectivity index (χ1v) is 10.2. The quantitative estimate of drug-likeness (QED) is 0.715. The van der Waals surface area contributed by atoms with E-state index in [1.807, 2.05) is 49.3 Å². The van der Waals surface area contributed by atoms with Gasteiger partial charge in [-0.3, -0.25) is 4.79 Å². The molecule has 0 saturated heterocycles. The van der Waals surface area contributed by atoms with Crippen LogP contribution in [0.25, 0.3) is 0 Å². The molecule has 6 nitrogen and oxygen atoms in total. The number of anilines is 1. The molecule has 0 spiro atoms. The molecule has 2 aromatic rings. The van der Waals surface area contributed by atoms with Gasteiger partial charge in [0.1, 0.15) is 0 Å². The van der Waals surface area contributed by atoms with Gasteiger partial charge in [0.05, 0.1) is 18.7 Å². The van der Waals surface area contributed by atoms with Gasteiger partial charge in [0, 0.05) is 24.3 Å². The van der Waals surface area contributed by atoms with Crippen LogP contribution in [0.3, 0.4) is 0 Å². The summed E-state index contributed by atoms with van der Waals surface area (Å²) in [6.07, 6.45) is 0.810. The SMILES string of the molecule is COC(=O)c1ccc2c(c1)CC(C)(C)C(c1cccc(C(=O)NCCN(C)C)c1)N2. The third kappa shape index (κ3) is 4.82. The van der Waals surface area contributed by atoms with Crippen LogP contribution in [0.15, 0.2) is 42.5 Å². The number of benzene rings is 2. The second-order valence-electron chi connectivity index (χ2n) is 8.79. The van der Waals surface area contributed by atoms with Gasteiger partial charge in [-0.15, -0.1) is 0 Å². The number of amides is 1. The molecular weight excluding hydrogens is 378 g/mol. The molecule has 0 radical (unpaired) electrons. The summed E-state index contributed by atoms with van der Waals surface area (Å²) >= 11 is 0. The normalized spacial score (nSPS) is 17.1. The number of carbonyl (C=O) groups is 2. The second-order valence-corrected chi connectivity index (χ2v) is 8.79. The number of ether oxygens (including phenoxy) is 1. The van der Waals surface area contributed by atoms with E-state index in [0.717, 1.165) is 29.8 Å². The van der Waals surface area contributed by atoms with Crippen molar-refractivity contribution in [1.29, 1.82) is 0 Å². The summed E-state index contributed by atoms with van der Waals surface area (Å²) in [5, 5.41) is 6.60. The maximum Gasteiger partial charge on any atom is 0.337 e. The van der Waals surface area contributed by atoms with Crippen LogP contribution in [0.2, 0.25) is 0 Å². The summed E-state index contributed by atoms with van der Waals surface area (Å²) in [7, 11) is 5.36. The molecule has 1 aliphatic rings. The van der Waals surface area contributed by atoms with E-state index in [1.165, 1.54) is 7.11 Å². The van der Waals surface area contributed by atoms with Crippen molar-refractivity contribution in [1.82, 2.24) is 10.2 Å². The molecule has 0 fully saturated rings. The fourth-order valence-electron chi connectivity index (χ4n) is 3.96. The molecular formula is C24H31N3O3. The van der Waals surface area contributed by atoms with Crippen molar-refractivity contribution in [3.63, 3.8) is 0 Å². The van der Waals surface area contributed by atoms with E-state index in [2.05, 4.69) is 30.5 Å². The third-order valence-corrected chi connectivity index (χ3v) is 5.58. The predicted molar refractivity (Wildman–Crippen MR) is 119 cm³/mol. The lowest BCUT2D eigenvalue weighted by Crippen LogP contribution is -2.35. The van der Waals surface area contributed by atoms with Gasteiger partial charge in [0.25, 0.3) is 5.91 Å². The molecule has 3 rings (SSSR count). The molecule has 1 unspecified atom stereocenters. The summed E-state index contributed by atoms with van der Waals surface area (Å²) in [5.74, 6) is -0.388. The Morgan fingerprint density at radius 1 is 1.17 bits per heavy atom. The molecule has 2 aromatic carbocycles. The zero-order chi connectivity index (χ0) is 21.9. The first kappa shape index (κ1) is 21.8. The zero-order valence-electron chi connectivity index (χ0n) is 18.4. The highest BCUT2D eigenvalue weighted by molar-refractivity contribution is 5.94. The molecule has 0 bridgehead atoms. The lowest BCUT2D eigenvalue weighted by Gasteiger charge is -2.41. The predicted octanol–water partition coefficient (Wildman–Crippen LogP) is 3.50. The van der Waals surface area contributed by atoms with Crippen molar-refractivity contribution in [3.05, 3.63) is 64.7 Å². The topological polar surface area (TPSA) is 70.7 Å². The van der Waals surface area contributed by atoms with E-state index in [0.29, 0.717) is 17.7 Å². The maximum atomic E-state index is 12.6. The smallest absolute Gasteiger partial charge is 0.337 e. The number of fused-ring (bicyclic) bond motifs is 1. The number of hydrogen-bond acceptors (Lipinski definition) is 5. The largest absolute Gasteiger partial charge is 0.465 e. The Morgan fingerprint density at radius 3 is 2.63 bits per heavy atom. The van der Waals surface area contributed by atoms with Crippen LogP contribution in [-0.2, 0) is 11.2 Å². The average molecular weight is 410 g/mol. The van der Waals surface area contributed by atoms with Gasteiger partial charge in [-0.1, -0.05) is 26.0 Å². The number of nitrogens with zero attached hydrogens (tertiary/aromatic N) is 1. The van der Waals surface area contributed by atoms with E-state index in [-0.39, 0.29) is 23.3 Å². The Kier molecular flexibility index (Phi) is 6.46. The summed E-state index contributed by atoms with van der Waals surface area (Å²) in [6, 6.07) is 13.5. The molecule has 0 aliphatic carbocycles. The standard InChI is InChI=1S/C24H31N3O3/c1-24(2)15-19-14-18(23(29)30-5)9-10-20(19)26-21(24)16-7-6-8-17(13-16)22(28)25-11-12-27(3)4/h6-10,13-14,21,26H,11-12,15H2,1-5H3,(H,25,28). The number of likely N-dealkylation sites (N-methyl/N-ethyl adjacent to an activating group) is 1. The summed E-state index contributed by atoms with van der Waals surface area (Å²) in [4.78, 5) is 26.5. The minimum Gasteiger partial charge on any atom is -0.465 e. The van der Waals surface area contributed by atoms with Gasteiger partial charge in [0.2, 0.25) is 0 Å². The summed E-state index contributed by atoms with van der Waals surface area (Å²) < 4.78 is 4.85. The average Bonchev–Trinajstić information content (AvgIpc) is 2.71. The van der Waals surface area contributed by atoms with Gasteiger partial charge < -0.3 is 20.3 Å². The fourth-order valence-corrected chi connectivity index (χ4v) is 3.96. The first-order valence-electron chi connectivity index (χ1n) is 10.2. The van der Waals surface area contributed by atoms with E-state index < -0.39 is 0 Å². The van der Waals surface area contributed by atoms with Crippen molar-refractivity contribution >= 4 is 17.6 Å². The van der Waals surface area contributed by atoms with Gasteiger partial charge in [-0.05, 0) is 67.4 Å². The van der Waals surface area contributed by atoms with Crippen molar-refractivity contribution in [2.24, 2.45) is 5.41 Å². The molecule has 1 heterocycles. The maximum absolute atomic E-state index is 12.6. The van der Waals surface area contributed by atoms with Crippen LogP contribution in [0, 0.1) is 5.41 Å². The van der Waals surface area contributed by atoms with Crippen LogP contribution in [0.1, 0.15) is 51.7 Å². The van der Waals surface area contributed by atoms with Crippen molar-refractivity contribution < 1.29 is 14.3 Å². The molecule has 6 heteroatoms. The minimum atomic E-state index is -0.328. The minimum absolute atomic E-state index is 0.0449. The Balaban J connectivity index is 1.82. The van der Waals surface area contributed by atoms with Crippen molar-refractivity contribution in [2.45, 2.75) is 26.3 Å². The zero-order valence-corrected chi connectivity index (χ0v) is 18.4. The van der Waals surface area contributed by atoms with Crippen LogP contribution < -0.4 is 10.6 Å². The molecule has 160 valence electrons. The fraction of sp³-hybridized carbons (Fsp3) is 0.417. The lowest BCUT2D eigenvalue weighted by atomic mass is 9.72. The number of esters is 1. The van der Waals surface area contributed by atoms with Crippen LogP contribution in [-0.4, -0.2) is 51.1 Å². The van der Waals surface area contributed by atoms with Gasteiger partial charge in [0.15, 0.2) is 0 Å². The molecule has 2 N–H and O–H groups in total. The van der Waals surface area contributed by atoms with E-state index >= 15 is 0 Å². The molecule has 0 saturated carbocycles. The van der Waals surface area contributed by atoms with Crippen LogP contribution in [0.4, 0.5) is 5.69 Å². The van der Waals surface area contributed by atoms with Crippen LogP contribution in [0.5, 0.6) is 0 Å². The highest BCUT2D eigenvalue weighted by Crippen LogP contribution is 2.45. The number of nitrogens with one attached hydrogen (secondary N) is 2. The van der Waals surface area contributed by atoms with Gasteiger partial charge in [-0.25, -0.2) is 4.79 Å². The second kappa shape index (κ2) is 8.88. The van der Waals surface area contributed by atoms with Crippen molar-refractivity contribution in [2.75, 3.05) is 39.6 Å². The van der Waals surface area contributed by atoms with Crippen molar-refractivity contribution in [3.8, 4) is 0 Å². The Hall–Kier alpha value is -2.86. The third-order valence-electron chi connectivity index (χ3n) is 5.58. The summed E-state index contributed by atoms with van der Waals surface area (Å²) in [5.41, 5.74) is 4.29. The number of carbonyl (C=O) groups excluding carboxylic acids is 2. The Morgan fingerprint density at radius 2 is 1.93 bits per heavy atom. The molecule has 0 aromatic heterocycles. The van der Waals surface area contributed by atoms with Gasteiger partial charge >= 0.3 is 5.97 Å². The highest BCUT2D eigenvalue weighted by atomic mass is 16.5. The Labute approximate surface area is 178 Å². The van der Waals surface area contributed by atoms with E-state index in [4.69, 9.17) is 4.74 Å². The molecule has 1 amide bonds. The Bertz CT molecular complexity index is 937. The number of hydrogen-bond donors (Lipinski definition) is 2.